The van der Waals surface area contributed by atoms with Crippen molar-refractivity contribution in [2.24, 2.45) is 5.92 Å². The van der Waals surface area contributed by atoms with Gasteiger partial charge in [0.15, 0.2) is 0 Å². The molecule has 0 spiro atoms. The SMILES string of the molecule is CCOC(=O)C1CCN(C(=O)CCCN(c2ccccc2F)S(C)(=O)=O)CC1. The highest BCUT2D eigenvalue weighted by Gasteiger charge is 2.28. The summed E-state index contributed by atoms with van der Waals surface area (Å²) in [5.74, 6) is -1.11. The monoisotopic (exact) mass is 414 g/mol. The number of anilines is 1. The lowest BCUT2D eigenvalue weighted by Crippen LogP contribution is -2.41. The summed E-state index contributed by atoms with van der Waals surface area (Å²) in [5.41, 5.74) is -0.0206. The minimum atomic E-state index is -3.67. The summed E-state index contributed by atoms with van der Waals surface area (Å²) in [6.45, 7) is 3.08. The molecule has 156 valence electrons. The number of carbonyl (C=O) groups excluding carboxylic acids is 2. The Morgan fingerprint density at radius 2 is 1.89 bits per heavy atom. The van der Waals surface area contributed by atoms with E-state index >= 15 is 0 Å². The molecule has 0 saturated carbocycles. The molecule has 1 aromatic rings. The Morgan fingerprint density at radius 1 is 1.25 bits per heavy atom. The molecule has 0 bridgehead atoms. The normalized spacial score (nSPS) is 15.3. The van der Waals surface area contributed by atoms with Crippen molar-refractivity contribution < 1.29 is 27.1 Å². The van der Waals surface area contributed by atoms with Crippen LogP contribution in [-0.4, -0.2) is 57.7 Å². The van der Waals surface area contributed by atoms with E-state index in [0.717, 1.165) is 10.6 Å². The molecule has 0 unspecified atom stereocenters. The fourth-order valence-corrected chi connectivity index (χ4v) is 4.24. The van der Waals surface area contributed by atoms with Crippen LogP contribution in [0.4, 0.5) is 10.1 Å². The fourth-order valence-electron chi connectivity index (χ4n) is 3.28. The molecule has 1 amide bonds. The molecule has 28 heavy (non-hydrogen) atoms. The van der Waals surface area contributed by atoms with Crippen molar-refractivity contribution in [2.75, 3.05) is 36.8 Å². The Kier molecular flexibility index (Phi) is 7.79. The van der Waals surface area contributed by atoms with Crippen LogP contribution in [-0.2, 0) is 24.3 Å². The minimum absolute atomic E-state index is 0.0186. The summed E-state index contributed by atoms with van der Waals surface area (Å²) in [6, 6.07) is 5.66. The Balaban J connectivity index is 1.87. The number of esters is 1. The molecule has 0 aliphatic carbocycles. The number of para-hydroxylation sites is 1. The first-order valence-electron chi connectivity index (χ1n) is 9.40. The van der Waals surface area contributed by atoms with Gasteiger partial charge in [-0.05, 0) is 38.3 Å². The van der Waals surface area contributed by atoms with Crippen molar-refractivity contribution in [3.8, 4) is 0 Å². The van der Waals surface area contributed by atoms with Crippen LogP contribution in [0.15, 0.2) is 24.3 Å². The van der Waals surface area contributed by atoms with E-state index in [0.29, 0.717) is 32.5 Å². The van der Waals surface area contributed by atoms with Crippen molar-refractivity contribution in [1.82, 2.24) is 4.90 Å². The van der Waals surface area contributed by atoms with Crippen LogP contribution in [0.3, 0.4) is 0 Å². The summed E-state index contributed by atoms with van der Waals surface area (Å²) in [4.78, 5) is 25.8. The van der Waals surface area contributed by atoms with Crippen LogP contribution in [0, 0.1) is 11.7 Å². The van der Waals surface area contributed by atoms with Gasteiger partial charge in [0.05, 0.1) is 24.5 Å². The zero-order valence-electron chi connectivity index (χ0n) is 16.3. The van der Waals surface area contributed by atoms with Crippen molar-refractivity contribution >= 4 is 27.6 Å². The van der Waals surface area contributed by atoms with Crippen molar-refractivity contribution in [1.29, 1.82) is 0 Å². The predicted octanol–water partition coefficient (Wildman–Crippen LogP) is 2.17. The summed E-state index contributed by atoms with van der Waals surface area (Å²) >= 11 is 0. The molecule has 0 radical (unpaired) electrons. The first-order valence-corrected chi connectivity index (χ1v) is 11.3. The number of piperidine rings is 1. The molecule has 1 aliphatic rings. The molecule has 7 nitrogen and oxygen atoms in total. The van der Waals surface area contributed by atoms with Gasteiger partial charge >= 0.3 is 5.97 Å². The van der Waals surface area contributed by atoms with E-state index in [-0.39, 0.29) is 42.9 Å². The lowest BCUT2D eigenvalue weighted by Gasteiger charge is -2.31. The molecular weight excluding hydrogens is 387 g/mol. The lowest BCUT2D eigenvalue weighted by atomic mass is 9.97. The Hall–Kier alpha value is -2.16. The molecule has 0 N–H and O–H groups in total. The van der Waals surface area contributed by atoms with Crippen LogP contribution in [0.25, 0.3) is 0 Å². The maximum absolute atomic E-state index is 14.0. The molecule has 1 heterocycles. The van der Waals surface area contributed by atoms with Crippen LogP contribution in [0.5, 0.6) is 0 Å². The maximum Gasteiger partial charge on any atom is 0.309 e. The summed E-state index contributed by atoms with van der Waals surface area (Å²) in [7, 11) is -3.67. The van der Waals surface area contributed by atoms with Gasteiger partial charge in [-0.1, -0.05) is 12.1 Å². The molecule has 9 heteroatoms. The molecule has 0 aromatic heterocycles. The second-order valence-electron chi connectivity index (χ2n) is 6.80. The second-order valence-corrected chi connectivity index (χ2v) is 8.70. The van der Waals surface area contributed by atoms with E-state index < -0.39 is 15.8 Å². The number of ether oxygens (including phenoxy) is 1. The molecule has 1 aromatic carbocycles. The largest absolute Gasteiger partial charge is 0.466 e. The molecule has 0 atom stereocenters. The second kappa shape index (κ2) is 9.86. The molecule has 1 aliphatic heterocycles. The van der Waals surface area contributed by atoms with E-state index in [4.69, 9.17) is 4.74 Å². The van der Waals surface area contributed by atoms with E-state index in [1.807, 2.05) is 0 Å². The van der Waals surface area contributed by atoms with Gasteiger partial charge in [-0.15, -0.1) is 0 Å². The van der Waals surface area contributed by atoms with Crippen LogP contribution >= 0.6 is 0 Å². The number of likely N-dealkylation sites (tertiary alicyclic amines) is 1. The Labute approximate surface area is 165 Å². The van der Waals surface area contributed by atoms with Gasteiger partial charge in [-0.2, -0.15) is 0 Å². The molecule has 1 saturated heterocycles. The number of carbonyl (C=O) groups is 2. The highest BCUT2D eigenvalue weighted by molar-refractivity contribution is 7.92. The zero-order valence-corrected chi connectivity index (χ0v) is 17.1. The third-order valence-electron chi connectivity index (χ3n) is 4.74. The highest BCUT2D eigenvalue weighted by atomic mass is 32.2. The summed E-state index contributed by atoms with van der Waals surface area (Å²) < 4.78 is 44.1. The molecule has 2 rings (SSSR count). The van der Waals surface area contributed by atoms with Crippen molar-refractivity contribution in [3.05, 3.63) is 30.1 Å². The quantitative estimate of drug-likeness (QED) is 0.609. The highest BCUT2D eigenvalue weighted by Crippen LogP contribution is 2.23. The van der Waals surface area contributed by atoms with Gasteiger partial charge < -0.3 is 9.64 Å². The number of sulfonamides is 1. The average Bonchev–Trinajstić information content (AvgIpc) is 2.65. The van der Waals surface area contributed by atoms with Crippen molar-refractivity contribution in [2.45, 2.75) is 32.6 Å². The number of benzene rings is 1. The maximum atomic E-state index is 14.0. The Morgan fingerprint density at radius 3 is 2.46 bits per heavy atom. The summed E-state index contributed by atoms with van der Waals surface area (Å²) in [5, 5.41) is 0. The Bertz CT molecular complexity index is 791. The molecule has 1 fully saturated rings. The first-order chi connectivity index (χ1) is 13.2. The lowest BCUT2D eigenvalue weighted by molar-refractivity contribution is -0.151. The van der Waals surface area contributed by atoms with Crippen LogP contribution < -0.4 is 4.31 Å². The van der Waals surface area contributed by atoms with Crippen LogP contribution in [0.1, 0.15) is 32.6 Å². The van der Waals surface area contributed by atoms with Gasteiger partial charge in [0.1, 0.15) is 5.82 Å². The first kappa shape index (κ1) is 22.1. The predicted molar refractivity (Wildman–Crippen MR) is 104 cm³/mol. The average molecular weight is 414 g/mol. The third-order valence-corrected chi connectivity index (χ3v) is 5.92. The van der Waals surface area contributed by atoms with E-state index in [1.165, 1.54) is 18.2 Å². The zero-order chi connectivity index (χ0) is 20.7. The van der Waals surface area contributed by atoms with Gasteiger partial charge in [0.25, 0.3) is 0 Å². The number of hydrogen-bond acceptors (Lipinski definition) is 5. The number of rotatable bonds is 8. The van der Waals surface area contributed by atoms with E-state index in [1.54, 1.807) is 17.9 Å². The minimum Gasteiger partial charge on any atom is -0.466 e. The van der Waals surface area contributed by atoms with E-state index in [2.05, 4.69) is 0 Å². The molecular formula is C19H27FN2O5S. The standard InChI is InChI=1S/C19H27FN2O5S/c1-3-27-19(24)15-10-13-21(14-11-15)18(23)9-6-12-22(28(2,25)26)17-8-5-4-7-16(17)20/h4-5,7-8,15H,3,6,9-14H2,1-2H3. The van der Waals surface area contributed by atoms with E-state index in [9.17, 15) is 22.4 Å². The third kappa shape index (κ3) is 5.92. The number of hydrogen-bond donors (Lipinski definition) is 0. The van der Waals surface area contributed by atoms with Gasteiger partial charge in [-0.3, -0.25) is 13.9 Å². The topological polar surface area (TPSA) is 84.0 Å². The van der Waals surface area contributed by atoms with Crippen molar-refractivity contribution in [3.63, 3.8) is 0 Å². The van der Waals surface area contributed by atoms with Gasteiger partial charge in [0, 0.05) is 26.1 Å². The fraction of sp³-hybridized carbons (Fsp3) is 0.579. The van der Waals surface area contributed by atoms with Gasteiger partial charge in [0.2, 0.25) is 15.9 Å². The van der Waals surface area contributed by atoms with Crippen LogP contribution in [0.2, 0.25) is 0 Å². The number of halogens is 1. The number of amides is 1. The summed E-state index contributed by atoms with van der Waals surface area (Å²) in [6.07, 6.45) is 2.58. The van der Waals surface area contributed by atoms with Gasteiger partial charge in [-0.25, -0.2) is 12.8 Å². The number of nitrogens with zero attached hydrogens (tertiary/aromatic N) is 2. The smallest absolute Gasteiger partial charge is 0.309 e.